The van der Waals surface area contributed by atoms with Crippen LogP contribution in [0.25, 0.3) is 0 Å². The Balaban J connectivity index is 1.98. The van der Waals surface area contributed by atoms with E-state index < -0.39 is 0 Å². The van der Waals surface area contributed by atoms with E-state index >= 15 is 0 Å². The number of carbonyl (C=O) groups is 1. The van der Waals surface area contributed by atoms with E-state index in [-0.39, 0.29) is 5.91 Å². The van der Waals surface area contributed by atoms with Crippen LogP contribution in [0.5, 0.6) is 0 Å². The van der Waals surface area contributed by atoms with Crippen molar-refractivity contribution in [3.05, 3.63) is 65.0 Å². The molecule has 3 nitrogen and oxygen atoms in total. The molecule has 1 aromatic carbocycles. The molecule has 2 rings (SSSR count). The lowest BCUT2D eigenvalue weighted by molar-refractivity contribution is 0.0950. The Morgan fingerprint density at radius 1 is 1.11 bits per heavy atom. The third-order valence-electron chi connectivity index (χ3n) is 2.72. The first kappa shape index (κ1) is 12.3. The highest BCUT2D eigenvalue weighted by molar-refractivity contribution is 5.94. The third kappa shape index (κ3) is 3.17. The lowest BCUT2D eigenvalue weighted by atomic mass is 10.1. The number of hydrogen-bond donors (Lipinski definition) is 1. The van der Waals surface area contributed by atoms with Crippen LogP contribution in [-0.4, -0.2) is 10.9 Å². The summed E-state index contributed by atoms with van der Waals surface area (Å²) in [6, 6.07) is 11.4. The predicted molar refractivity (Wildman–Crippen MR) is 71.3 cm³/mol. The highest BCUT2D eigenvalue weighted by atomic mass is 16.1. The summed E-state index contributed by atoms with van der Waals surface area (Å²) < 4.78 is 0. The first-order chi connectivity index (χ1) is 8.65. The van der Waals surface area contributed by atoms with Crippen molar-refractivity contribution in [1.29, 1.82) is 0 Å². The van der Waals surface area contributed by atoms with Gasteiger partial charge in [-0.3, -0.25) is 9.78 Å². The van der Waals surface area contributed by atoms with E-state index in [1.165, 1.54) is 0 Å². The van der Waals surface area contributed by atoms with Gasteiger partial charge in [-0.2, -0.15) is 0 Å². The first-order valence-corrected chi connectivity index (χ1v) is 5.91. The molecule has 0 fully saturated rings. The van der Waals surface area contributed by atoms with Crippen LogP contribution in [0.4, 0.5) is 0 Å². The van der Waals surface area contributed by atoms with E-state index in [1.54, 1.807) is 6.20 Å². The van der Waals surface area contributed by atoms with E-state index in [1.807, 2.05) is 50.2 Å². The minimum Gasteiger partial charge on any atom is -0.346 e. The molecular weight excluding hydrogens is 224 g/mol. The third-order valence-corrected chi connectivity index (χ3v) is 2.72. The summed E-state index contributed by atoms with van der Waals surface area (Å²) in [5.74, 6) is -0.0710. The zero-order valence-corrected chi connectivity index (χ0v) is 10.6. The van der Waals surface area contributed by atoms with Crippen LogP contribution in [0.1, 0.15) is 27.2 Å². The van der Waals surface area contributed by atoms with E-state index in [2.05, 4.69) is 10.3 Å². The van der Waals surface area contributed by atoms with Crippen molar-refractivity contribution in [2.24, 2.45) is 0 Å². The smallest absolute Gasteiger partial charge is 0.251 e. The van der Waals surface area contributed by atoms with Gasteiger partial charge in [0.2, 0.25) is 0 Å². The standard InChI is InChI=1S/C15H16N2O/c1-11-3-5-13(6-4-11)15(18)17-10-14-9-12(2)7-8-16-14/h3-9H,10H2,1-2H3,(H,17,18). The average molecular weight is 240 g/mol. The normalized spacial score (nSPS) is 10.1. The molecule has 0 aliphatic carbocycles. The van der Waals surface area contributed by atoms with Crippen molar-refractivity contribution in [3.8, 4) is 0 Å². The molecule has 0 aliphatic heterocycles. The molecule has 1 heterocycles. The van der Waals surface area contributed by atoms with Crippen LogP contribution in [0.3, 0.4) is 0 Å². The highest BCUT2D eigenvalue weighted by Crippen LogP contribution is 2.04. The minimum atomic E-state index is -0.0710. The van der Waals surface area contributed by atoms with Crippen LogP contribution in [-0.2, 0) is 6.54 Å². The second-order valence-corrected chi connectivity index (χ2v) is 4.37. The highest BCUT2D eigenvalue weighted by Gasteiger charge is 2.04. The fraction of sp³-hybridized carbons (Fsp3) is 0.200. The van der Waals surface area contributed by atoms with Crippen LogP contribution < -0.4 is 5.32 Å². The fourth-order valence-corrected chi connectivity index (χ4v) is 1.67. The van der Waals surface area contributed by atoms with E-state index in [4.69, 9.17) is 0 Å². The monoisotopic (exact) mass is 240 g/mol. The summed E-state index contributed by atoms with van der Waals surface area (Å²) in [7, 11) is 0. The molecule has 1 N–H and O–H groups in total. The summed E-state index contributed by atoms with van der Waals surface area (Å²) in [6.07, 6.45) is 1.75. The molecule has 1 aromatic heterocycles. The topological polar surface area (TPSA) is 42.0 Å². The largest absolute Gasteiger partial charge is 0.346 e. The summed E-state index contributed by atoms with van der Waals surface area (Å²) in [5, 5.41) is 2.86. The molecule has 0 radical (unpaired) electrons. The van der Waals surface area contributed by atoms with Gasteiger partial charge in [0.05, 0.1) is 12.2 Å². The van der Waals surface area contributed by atoms with Gasteiger partial charge in [0.25, 0.3) is 5.91 Å². The number of nitrogens with one attached hydrogen (secondary N) is 1. The van der Waals surface area contributed by atoms with Gasteiger partial charge in [-0.15, -0.1) is 0 Å². The van der Waals surface area contributed by atoms with Crippen LogP contribution in [0.2, 0.25) is 0 Å². The van der Waals surface area contributed by atoms with Gasteiger partial charge >= 0.3 is 0 Å². The quantitative estimate of drug-likeness (QED) is 0.896. The summed E-state index contributed by atoms with van der Waals surface area (Å²) >= 11 is 0. The maximum Gasteiger partial charge on any atom is 0.251 e. The lowest BCUT2D eigenvalue weighted by Gasteiger charge is -2.05. The van der Waals surface area contributed by atoms with Gasteiger partial charge in [-0.25, -0.2) is 0 Å². The Bertz CT molecular complexity index is 547. The molecule has 0 aliphatic rings. The van der Waals surface area contributed by atoms with Gasteiger partial charge in [-0.05, 0) is 43.7 Å². The number of benzene rings is 1. The second kappa shape index (κ2) is 5.45. The Morgan fingerprint density at radius 3 is 2.50 bits per heavy atom. The number of aromatic nitrogens is 1. The Hall–Kier alpha value is -2.16. The number of hydrogen-bond acceptors (Lipinski definition) is 2. The van der Waals surface area contributed by atoms with Crippen LogP contribution in [0.15, 0.2) is 42.6 Å². The van der Waals surface area contributed by atoms with Gasteiger partial charge in [0, 0.05) is 11.8 Å². The summed E-state index contributed by atoms with van der Waals surface area (Å²) in [6.45, 7) is 4.46. The zero-order valence-electron chi connectivity index (χ0n) is 10.6. The van der Waals surface area contributed by atoms with Crippen molar-refractivity contribution >= 4 is 5.91 Å². The maximum atomic E-state index is 11.9. The molecule has 2 aromatic rings. The van der Waals surface area contributed by atoms with Crippen molar-refractivity contribution in [2.45, 2.75) is 20.4 Å². The Labute approximate surface area is 107 Å². The molecule has 0 spiro atoms. The zero-order chi connectivity index (χ0) is 13.0. The van der Waals surface area contributed by atoms with Crippen molar-refractivity contribution < 1.29 is 4.79 Å². The predicted octanol–water partition coefficient (Wildman–Crippen LogP) is 2.63. The fourth-order valence-electron chi connectivity index (χ4n) is 1.67. The number of amides is 1. The van der Waals surface area contributed by atoms with Gasteiger partial charge in [-0.1, -0.05) is 17.7 Å². The van der Waals surface area contributed by atoms with Crippen LogP contribution in [0, 0.1) is 13.8 Å². The van der Waals surface area contributed by atoms with E-state index in [0.717, 1.165) is 16.8 Å². The van der Waals surface area contributed by atoms with E-state index in [0.29, 0.717) is 12.1 Å². The minimum absolute atomic E-state index is 0.0710. The molecule has 18 heavy (non-hydrogen) atoms. The van der Waals surface area contributed by atoms with E-state index in [9.17, 15) is 4.79 Å². The molecule has 3 heteroatoms. The number of nitrogens with zero attached hydrogens (tertiary/aromatic N) is 1. The molecule has 92 valence electrons. The Kier molecular flexibility index (Phi) is 3.72. The molecule has 0 atom stereocenters. The molecular formula is C15H16N2O. The first-order valence-electron chi connectivity index (χ1n) is 5.91. The van der Waals surface area contributed by atoms with Crippen molar-refractivity contribution in [2.75, 3.05) is 0 Å². The molecule has 1 amide bonds. The van der Waals surface area contributed by atoms with Gasteiger partial charge < -0.3 is 5.32 Å². The maximum absolute atomic E-state index is 11.9. The lowest BCUT2D eigenvalue weighted by Crippen LogP contribution is -2.23. The Morgan fingerprint density at radius 2 is 1.83 bits per heavy atom. The number of rotatable bonds is 3. The van der Waals surface area contributed by atoms with Gasteiger partial charge in [0.15, 0.2) is 0 Å². The molecule has 0 saturated carbocycles. The SMILES string of the molecule is Cc1ccc(C(=O)NCc2cc(C)ccn2)cc1. The van der Waals surface area contributed by atoms with Crippen molar-refractivity contribution in [1.82, 2.24) is 10.3 Å². The number of pyridine rings is 1. The molecule has 0 bridgehead atoms. The molecule has 0 saturated heterocycles. The van der Waals surface area contributed by atoms with Crippen LogP contribution >= 0.6 is 0 Å². The van der Waals surface area contributed by atoms with Crippen molar-refractivity contribution in [3.63, 3.8) is 0 Å². The summed E-state index contributed by atoms with van der Waals surface area (Å²) in [5.41, 5.74) is 3.83. The molecule has 0 unspecified atom stereocenters. The summed E-state index contributed by atoms with van der Waals surface area (Å²) in [4.78, 5) is 16.1. The number of carbonyl (C=O) groups excluding carboxylic acids is 1. The average Bonchev–Trinajstić information content (AvgIpc) is 2.37. The second-order valence-electron chi connectivity index (χ2n) is 4.37. The van der Waals surface area contributed by atoms with Gasteiger partial charge in [0.1, 0.15) is 0 Å². The number of aryl methyl sites for hydroxylation is 2.